The zero-order valence-corrected chi connectivity index (χ0v) is 15.0. The smallest absolute Gasteiger partial charge is 0.293 e. The number of aromatic nitrogens is 1. The van der Waals surface area contributed by atoms with E-state index < -0.39 is 0 Å². The number of likely N-dealkylation sites (tertiary alicyclic amines) is 1. The lowest BCUT2D eigenvalue weighted by molar-refractivity contribution is -0.136. The van der Waals surface area contributed by atoms with E-state index in [-0.39, 0.29) is 29.9 Å². The third-order valence-electron chi connectivity index (χ3n) is 4.57. The zero-order chi connectivity index (χ0) is 18.4. The molecular weight excluding hydrogens is 332 g/mol. The largest absolute Gasteiger partial charge is 0.491 e. The van der Waals surface area contributed by atoms with E-state index in [9.17, 15) is 9.59 Å². The Balaban J connectivity index is 1.57. The van der Waals surface area contributed by atoms with Gasteiger partial charge in [-0.15, -0.1) is 0 Å². The van der Waals surface area contributed by atoms with Crippen LogP contribution in [0, 0.1) is 0 Å². The molecule has 138 valence electrons. The van der Waals surface area contributed by atoms with Crippen LogP contribution >= 0.6 is 0 Å². The average Bonchev–Trinajstić information content (AvgIpc) is 2.69. The van der Waals surface area contributed by atoms with Gasteiger partial charge < -0.3 is 18.9 Å². The van der Waals surface area contributed by atoms with Gasteiger partial charge >= 0.3 is 0 Å². The number of hydrogen-bond donors (Lipinski definition) is 0. The van der Waals surface area contributed by atoms with Crippen LogP contribution in [0.2, 0.25) is 0 Å². The van der Waals surface area contributed by atoms with Gasteiger partial charge in [0.15, 0.2) is 5.75 Å². The highest BCUT2D eigenvalue weighted by Gasteiger charge is 2.24. The zero-order valence-electron chi connectivity index (χ0n) is 15.0. The van der Waals surface area contributed by atoms with Crippen molar-refractivity contribution < 1.29 is 14.3 Å². The van der Waals surface area contributed by atoms with Crippen LogP contribution in [0.5, 0.6) is 5.75 Å². The molecule has 0 spiro atoms. The summed E-state index contributed by atoms with van der Waals surface area (Å²) in [6, 6.07) is 13.3. The van der Waals surface area contributed by atoms with Crippen molar-refractivity contribution in [2.24, 2.45) is 0 Å². The maximum atomic E-state index is 12.6. The number of piperidine rings is 1. The molecule has 6 heteroatoms. The van der Waals surface area contributed by atoms with Gasteiger partial charge in [-0.25, -0.2) is 0 Å². The summed E-state index contributed by atoms with van der Waals surface area (Å²) in [4.78, 5) is 26.6. The number of ether oxygens (including phenoxy) is 2. The van der Waals surface area contributed by atoms with E-state index in [1.54, 1.807) is 23.2 Å². The van der Waals surface area contributed by atoms with Crippen molar-refractivity contribution in [1.82, 2.24) is 9.47 Å². The molecule has 1 aromatic heterocycles. The van der Waals surface area contributed by atoms with Crippen LogP contribution in [0.3, 0.4) is 0 Å². The number of pyridine rings is 1. The minimum atomic E-state index is -0.294. The normalized spacial score (nSPS) is 17.1. The van der Waals surface area contributed by atoms with Crippen molar-refractivity contribution in [3.8, 4) is 5.75 Å². The average molecular weight is 356 g/mol. The summed E-state index contributed by atoms with van der Waals surface area (Å²) in [7, 11) is 1.45. The summed E-state index contributed by atoms with van der Waals surface area (Å²) in [5.41, 5.74) is 0.830. The van der Waals surface area contributed by atoms with Crippen LogP contribution in [0.15, 0.2) is 53.5 Å². The molecule has 0 saturated carbocycles. The second-order valence-electron chi connectivity index (χ2n) is 6.41. The molecule has 1 fully saturated rings. The summed E-state index contributed by atoms with van der Waals surface area (Å²) < 4.78 is 12.4. The molecule has 2 heterocycles. The lowest BCUT2D eigenvalue weighted by Gasteiger charge is -2.33. The Labute approximate surface area is 153 Å². The van der Waals surface area contributed by atoms with E-state index in [1.807, 2.05) is 30.3 Å². The fraction of sp³-hybridized carbons (Fsp3) is 0.400. The minimum Gasteiger partial charge on any atom is -0.491 e. The number of nitrogens with zero attached hydrogens (tertiary/aromatic N) is 2. The number of amides is 1. The van der Waals surface area contributed by atoms with E-state index in [4.69, 9.17) is 9.47 Å². The van der Waals surface area contributed by atoms with E-state index in [0.29, 0.717) is 19.7 Å². The van der Waals surface area contributed by atoms with Crippen LogP contribution in [-0.4, -0.2) is 41.7 Å². The van der Waals surface area contributed by atoms with Crippen molar-refractivity contribution in [3.63, 3.8) is 0 Å². The Morgan fingerprint density at radius 3 is 2.77 bits per heavy atom. The van der Waals surface area contributed by atoms with Gasteiger partial charge in [0.25, 0.3) is 5.56 Å². The monoisotopic (exact) mass is 356 g/mol. The van der Waals surface area contributed by atoms with Gasteiger partial charge in [-0.3, -0.25) is 9.59 Å². The first-order valence-electron chi connectivity index (χ1n) is 8.84. The molecule has 6 nitrogen and oxygen atoms in total. The number of benzene rings is 1. The van der Waals surface area contributed by atoms with Crippen LogP contribution in [0.1, 0.15) is 18.4 Å². The van der Waals surface area contributed by atoms with Crippen LogP contribution in [0.4, 0.5) is 0 Å². The van der Waals surface area contributed by atoms with Gasteiger partial charge in [0.05, 0.1) is 19.8 Å². The first kappa shape index (κ1) is 18.2. The fourth-order valence-corrected chi connectivity index (χ4v) is 3.13. The maximum Gasteiger partial charge on any atom is 0.293 e. The molecule has 1 atom stereocenters. The van der Waals surface area contributed by atoms with Gasteiger partial charge in [0.2, 0.25) is 5.91 Å². The topological polar surface area (TPSA) is 60.8 Å². The summed E-state index contributed by atoms with van der Waals surface area (Å²) in [5.74, 6) is 0.163. The number of carbonyl (C=O) groups is 1. The molecule has 1 unspecified atom stereocenters. The Hall–Kier alpha value is -2.60. The van der Waals surface area contributed by atoms with Crippen molar-refractivity contribution >= 4 is 5.91 Å². The van der Waals surface area contributed by atoms with Crippen molar-refractivity contribution in [2.45, 2.75) is 32.1 Å². The molecule has 1 aliphatic heterocycles. The molecule has 1 aliphatic rings. The highest BCUT2D eigenvalue weighted by molar-refractivity contribution is 5.76. The molecule has 1 aromatic carbocycles. The fourth-order valence-electron chi connectivity index (χ4n) is 3.13. The van der Waals surface area contributed by atoms with E-state index in [2.05, 4.69) is 0 Å². The molecule has 0 N–H and O–H groups in total. The van der Waals surface area contributed by atoms with Crippen molar-refractivity contribution in [3.05, 3.63) is 64.6 Å². The molecule has 1 amide bonds. The molecule has 26 heavy (non-hydrogen) atoms. The third kappa shape index (κ3) is 4.52. The summed E-state index contributed by atoms with van der Waals surface area (Å²) in [6.45, 7) is 1.82. The molecule has 3 rings (SSSR count). The lowest BCUT2D eigenvalue weighted by Crippen LogP contribution is -2.45. The second-order valence-corrected chi connectivity index (χ2v) is 6.41. The predicted molar refractivity (Wildman–Crippen MR) is 98.1 cm³/mol. The second kappa shape index (κ2) is 8.67. The highest BCUT2D eigenvalue weighted by Crippen LogP contribution is 2.16. The minimum absolute atomic E-state index is 0.0153. The SMILES string of the molecule is COc1cccn(CC(=O)N2CCCC(OCc3ccccc3)C2)c1=O. The molecular formula is C20H24N2O4. The number of rotatable bonds is 6. The molecule has 1 saturated heterocycles. The van der Waals surface area contributed by atoms with Crippen LogP contribution < -0.4 is 10.3 Å². The van der Waals surface area contributed by atoms with Gasteiger partial charge in [0.1, 0.15) is 6.54 Å². The highest BCUT2D eigenvalue weighted by atomic mass is 16.5. The van der Waals surface area contributed by atoms with E-state index >= 15 is 0 Å². The Morgan fingerprint density at radius 1 is 1.19 bits per heavy atom. The molecule has 0 bridgehead atoms. The number of hydrogen-bond acceptors (Lipinski definition) is 4. The molecule has 2 aromatic rings. The van der Waals surface area contributed by atoms with E-state index in [0.717, 1.165) is 18.4 Å². The lowest BCUT2D eigenvalue weighted by atomic mass is 10.1. The maximum absolute atomic E-state index is 12.6. The van der Waals surface area contributed by atoms with Crippen molar-refractivity contribution in [2.75, 3.05) is 20.2 Å². The quantitative estimate of drug-likeness (QED) is 0.795. The Kier molecular flexibility index (Phi) is 6.07. The predicted octanol–water partition coefficient (Wildman–Crippen LogP) is 2.06. The summed E-state index contributed by atoms with van der Waals surface area (Å²) >= 11 is 0. The first-order valence-corrected chi connectivity index (χ1v) is 8.84. The third-order valence-corrected chi connectivity index (χ3v) is 4.57. The van der Waals surface area contributed by atoms with Gasteiger partial charge in [-0.05, 0) is 30.5 Å². The standard InChI is InChI=1S/C20H24N2O4/c1-25-18-10-6-12-22(20(18)24)14-19(23)21-11-5-9-17(13-21)26-15-16-7-3-2-4-8-16/h2-4,6-8,10,12,17H,5,9,11,13-15H2,1H3. The Morgan fingerprint density at radius 2 is 2.00 bits per heavy atom. The van der Waals surface area contributed by atoms with Gasteiger partial charge in [-0.2, -0.15) is 0 Å². The van der Waals surface area contributed by atoms with Crippen molar-refractivity contribution in [1.29, 1.82) is 0 Å². The first-order chi connectivity index (χ1) is 12.7. The van der Waals surface area contributed by atoms with Crippen LogP contribution in [-0.2, 0) is 22.7 Å². The number of methoxy groups -OCH3 is 1. The number of carbonyl (C=O) groups excluding carboxylic acids is 1. The van der Waals surface area contributed by atoms with Gasteiger partial charge in [0, 0.05) is 19.3 Å². The van der Waals surface area contributed by atoms with Gasteiger partial charge in [-0.1, -0.05) is 30.3 Å². The molecule has 0 radical (unpaired) electrons. The molecule has 0 aliphatic carbocycles. The summed E-state index contributed by atoms with van der Waals surface area (Å²) in [6.07, 6.45) is 3.47. The van der Waals surface area contributed by atoms with Crippen LogP contribution in [0.25, 0.3) is 0 Å². The summed E-state index contributed by atoms with van der Waals surface area (Å²) in [5, 5.41) is 0. The Bertz CT molecular complexity index is 788. The van der Waals surface area contributed by atoms with E-state index in [1.165, 1.54) is 11.7 Å².